The molecule has 0 radical (unpaired) electrons. The van der Waals surface area contributed by atoms with Crippen molar-refractivity contribution in [1.29, 1.82) is 0 Å². The molecule has 0 aromatic heterocycles. The summed E-state index contributed by atoms with van der Waals surface area (Å²) in [5.74, 6) is -2.15. The maximum Gasteiger partial charge on any atom is 0.309 e. The van der Waals surface area contributed by atoms with Gasteiger partial charge in [-0.3, -0.25) is 4.79 Å². The third kappa shape index (κ3) is 2.32. The number of halogens is 1. The topological polar surface area (TPSA) is 57.5 Å². The lowest BCUT2D eigenvalue weighted by Crippen LogP contribution is -2.26. The Labute approximate surface area is 93.5 Å². The maximum absolute atomic E-state index is 13.1. The molecule has 0 aliphatic rings. The van der Waals surface area contributed by atoms with Gasteiger partial charge >= 0.3 is 5.97 Å². The van der Waals surface area contributed by atoms with Crippen molar-refractivity contribution in [2.24, 2.45) is 5.41 Å². The average molecular weight is 226 g/mol. The SMILES string of the molecule is Cc1ccc(F)c(O)c1CC(C)(C)C(=O)O. The second kappa shape index (κ2) is 4.12. The van der Waals surface area contributed by atoms with Crippen molar-refractivity contribution in [3.05, 3.63) is 29.1 Å². The van der Waals surface area contributed by atoms with Gasteiger partial charge < -0.3 is 10.2 Å². The minimum atomic E-state index is -1.03. The summed E-state index contributed by atoms with van der Waals surface area (Å²) in [6, 6.07) is 2.70. The number of carbonyl (C=O) groups is 1. The standard InChI is InChI=1S/C12H15FO3/c1-7-4-5-9(13)10(14)8(7)6-12(2,3)11(15)16/h4-5,14H,6H2,1-3H3,(H,15,16). The molecule has 1 aromatic rings. The van der Waals surface area contributed by atoms with Crippen LogP contribution in [0.3, 0.4) is 0 Å². The molecule has 1 aromatic carbocycles. The maximum atomic E-state index is 13.1. The Kier molecular flexibility index (Phi) is 3.21. The van der Waals surface area contributed by atoms with E-state index in [2.05, 4.69) is 0 Å². The highest BCUT2D eigenvalue weighted by Crippen LogP contribution is 2.31. The fraction of sp³-hybridized carbons (Fsp3) is 0.417. The van der Waals surface area contributed by atoms with E-state index in [9.17, 15) is 14.3 Å². The summed E-state index contributed by atoms with van der Waals surface area (Å²) in [6.45, 7) is 4.80. The number of hydrogen-bond donors (Lipinski definition) is 2. The number of aliphatic carboxylic acids is 1. The Hall–Kier alpha value is -1.58. The molecular formula is C12H15FO3. The highest BCUT2D eigenvalue weighted by molar-refractivity contribution is 5.74. The minimum absolute atomic E-state index is 0.0950. The largest absolute Gasteiger partial charge is 0.505 e. The van der Waals surface area contributed by atoms with Gasteiger partial charge in [-0.25, -0.2) is 4.39 Å². The molecule has 0 aliphatic heterocycles. The van der Waals surface area contributed by atoms with E-state index in [1.54, 1.807) is 20.8 Å². The quantitative estimate of drug-likeness (QED) is 0.832. The Morgan fingerprint density at radius 2 is 2.00 bits per heavy atom. The van der Waals surface area contributed by atoms with Gasteiger partial charge in [0.05, 0.1) is 5.41 Å². The number of aryl methyl sites for hydroxylation is 1. The van der Waals surface area contributed by atoms with E-state index in [0.717, 1.165) is 0 Å². The van der Waals surface area contributed by atoms with Crippen molar-refractivity contribution < 1.29 is 19.4 Å². The number of aromatic hydroxyl groups is 1. The Balaban J connectivity index is 3.15. The summed E-state index contributed by atoms with van der Waals surface area (Å²) < 4.78 is 13.1. The summed E-state index contributed by atoms with van der Waals surface area (Å²) in [7, 11) is 0. The molecule has 0 fully saturated rings. The molecule has 3 nitrogen and oxygen atoms in total. The molecule has 0 saturated heterocycles. The van der Waals surface area contributed by atoms with E-state index in [4.69, 9.17) is 5.11 Å². The molecule has 0 bridgehead atoms. The highest BCUT2D eigenvalue weighted by Gasteiger charge is 2.29. The van der Waals surface area contributed by atoms with Crippen molar-refractivity contribution >= 4 is 5.97 Å². The van der Waals surface area contributed by atoms with Crippen molar-refractivity contribution in [3.8, 4) is 5.75 Å². The van der Waals surface area contributed by atoms with Crippen molar-refractivity contribution in [2.75, 3.05) is 0 Å². The van der Waals surface area contributed by atoms with E-state index in [-0.39, 0.29) is 6.42 Å². The number of carboxylic acids is 1. The fourth-order valence-corrected chi connectivity index (χ4v) is 1.45. The number of carboxylic acid groups (broad SMARTS) is 1. The number of phenolic OH excluding ortho intramolecular Hbond substituents is 1. The second-order valence-electron chi connectivity index (χ2n) is 4.56. The highest BCUT2D eigenvalue weighted by atomic mass is 19.1. The molecule has 0 heterocycles. The zero-order valence-electron chi connectivity index (χ0n) is 9.54. The van der Waals surface area contributed by atoms with Gasteiger partial charge in [0.25, 0.3) is 0 Å². The first-order valence-electron chi connectivity index (χ1n) is 4.96. The van der Waals surface area contributed by atoms with Crippen molar-refractivity contribution in [3.63, 3.8) is 0 Å². The van der Waals surface area contributed by atoms with Crippen LogP contribution in [0.4, 0.5) is 4.39 Å². The minimum Gasteiger partial charge on any atom is -0.505 e. The zero-order chi connectivity index (χ0) is 12.5. The Bertz CT molecular complexity index is 425. The molecule has 2 N–H and O–H groups in total. The average Bonchev–Trinajstić information content (AvgIpc) is 2.18. The second-order valence-corrected chi connectivity index (χ2v) is 4.56. The fourth-order valence-electron chi connectivity index (χ4n) is 1.45. The van der Waals surface area contributed by atoms with E-state index < -0.39 is 23.0 Å². The van der Waals surface area contributed by atoms with Gasteiger partial charge in [0.1, 0.15) is 0 Å². The molecule has 0 spiro atoms. The van der Waals surface area contributed by atoms with Crippen LogP contribution in [0.1, 0.15) is 25.0 Å². The Morgan fingerprint density at radius 3 is 2.50 bits per heavy atom. The third-order valence-electron chi connectivity index (χ3n) is 2.67. The predicted molar refractivity (Wildman–Crippen MR) is 57.9 cm³/mol. The van der Waals surface area contributed by atoms with Crippen LogP contribution in [0.15, 0.2) is 12.1 Å². The van der Waals surface area contributed by atoms with Crippen molar-refractivity contribution in [1.82, 2.24) is 0 Å². The van der Waals surface area contributed by atoms with Gasteiger partial charge in [0, 0.05) is 5.56 Å². The lowest BCUT2D eigenvalue weighted by molar-refractivity contribution is -0.146. The molecule has 0 aliphatic carbocycles. The molecule has 1 rings (SSSR count). The predicted octanol–water partition coefficient (Wildman–Crippen LogP) is 2.49. The molecule has 0 amide bonds. The van der Waals surface area contributed by atoms with Crippen LogP contribution in [0.2, 0.25) is 0 Å². The molecule has 0 unspecified atom stereocenters. The summed E-state index contributed by atoms with van der Waals surface area (Å²) in [6.07, 6.45) is 0.0950. The van der Waals surface area contributed by atoms with Crippen LogP contribution < -0.4 is 0 Å². The summed E-state index contributed by atoms with van der Waals surface area (Å²) in [4.78, 5) is 11.0. The number of hydrogen-bond acceptors (Lipinski definition) is 2. The first-order valence-corrected chi connectivity index (χ1v) is 4.96. The van der Waals surface area contributed by atoms with Crippen LogP contribution in [-0.4, -0.2) is 16.2 Å². The molecular weight excluding hydrogens is 211 g/mol. The summed E-state index contributed by atoms with van der Waals surface area (Å²) in [5, 5.41) is 18.5. The molecule has 0 atom stereocenters. The van der Waals surface area contributed by atoms with Gasteiger partial charge in [-0.2, -0.15) is 0 Å². The van der Waals surface area contributed by atoms with Gasteiger partial charge in [0.15, 0.2) is 11.6 Å². The van der Waals surface area contributed by atoms with E-state index in [0.29, 0.717) is 11.1 Å². The number of rotatable bonds is 3. The van der Waals surface area contributed by atoms with Gasteiger partial charge in [-0.15, -0.1) is 0 Å². The Morgan fingerprint density at radius 1 is 1.44 bits per heavy atom. The smallest absolute Gasteiger partial charge is 0.309 e. The van der Waals surface area contributed by atoms with Crippen molar-refractivity contribution in [2.45, 2.75) is 27.2 Å². The first kappa shape index (κ1) is 12.5. The van der Waals surface area contributed by atoms with E-state index in [1.165, 1.54) is 12.1 Å². The van der Waals surface area contributed by atoms with Crippen LogP contribution in [0.5, 0.6) is 5.75 Å². The lowest BCUT2D eigenvalue weighted by atomic mass is 9.84. The lowest BCUT2D eigenvalue weighted by Gasteiger charge is -2.21. The normalized spacial score (nSPS) is 11.5. The van der Waals surface area contributed by atoms with Crippen LogP contribution in [-0.2, 0) is 11.2 Å². The third-order valence-corrected chi connectivity index (χ3v) is 2.67. The van der Waals surface area contributed by atoms with Gasteiger partial charge in [0.2, 0.25) is 0 Å². The summed E-state index contributed by atoms with van der Waals surface area (Å²) >= 11 is 0. The van der Waals surface area contributed by atoms with Gasteiger partial charge in [-0.1, -0.05) is 6.07 Å². The van der Waals surface area contributed by atoms with Crippen LogP contribution in [0.25, 0.3) is 0 Å². The van der Waals surface area contributed by atoms with Crippen LogP contribution in [0, 0.1) is 18.2 Å². The molecule has 88 valence electrons. The summed E-state index contributed by atoms with van der Waals surface area (Å²) in [5.41, 5.74) is 0.0105. The monoisotopic (exact) mass is 226 g/mol. The number of phenols is 1. The van der Waals surface area contributed by atoms with Crippen LogP contribution >= 0.6 is 0 Å². The zero-order valence-corrected chi connectivity index (χ0v) is 9.54. The number of benzene rings is 1. The first-order chi connectivity index (χ1) is 7.25. The van der Waals surface area contributed by atoms with E-state index in [1.807, 2.05) is 0 Å². The molecule has 0 saturated carbocycles. The van der Waals surface area contributed by atoms with Gasteiger partial charge in [-0.05, 0) is 38.8 Å². The molecule has 4 heteroatoms. The molecule has 16 heavy (non-hydrogen) atoms. The van der Waals surface area contributed by atoms with E-state index >= 15 is 0 Å².